The minimum absolute atomic E-state index is 0.653. The van der Waals surface area contributed by atoms with Crippen LogP contribution in [0.3, 0.4) is 0 Å². The molecule has 0 aliphatic heterocycles. The predicted molar refractivity (Wildman–Crippen MR) is 85.0 cm³/mol. The molecule has 1 aromatic rings. The lowest BCUT2D eigenvalue weighted by atomic mass is 9.96. The molecule has 112 valence electrons. The molecule has 0 spiro atoms. The zero-order valence-electron chi connectivity index (χ0n) is 12.9. The largest absolute Gasteiger partial charge is 0.316 e. The molecule has 0 amide bonds. The normalized spacial score (nSPS) is 17.1. The molecule has 1 saturated carbocycles. The third-order valence-electron chi connectivity index (χ3n) is 4.02. The molecule has 3 heteroatoms. The van der Waals surface area contributed by atoms with E-state index in [-0.39, 0.29) is 0 Å². The summed E-state index contributed by atoms with van der Waals surface area (Å²) in [6.07, 6.45) is 16.7. The smallest absolute Gasteiger partial charge is 0.0662 e. The lowest BCUT2D eigenvalue weighted by molar-refractivity contribution is 0.328. The number of rotatable bonds is 8. The minimum Gasteiger partial charge on any atom is -0.316 e. The summed E-state index contributed by atoms with van der Waals surface area (Å²) in [5.41, 5.74) is 1.20. The summed E-state index contributed by atoms with van der Waals surface area (Å²) in [6, 6.07) is 2.83. The van der Waals surface area contributed by atoms with Crippen LogP contribution in [0.25, 0.3) is 0 Å². The van der Waals surface area contributed by atoms with Gasteiger partial charge in [-0.15, -0.1) is 0 Å². The van der Waals surface area contributed by atoms with Crippen LogP contribution >= 0.6 is 0 Å². The third kappa shape index (κ3) is 5.12. The molecule has 0 radical (unpaired) electrons. The van der Waals surface area contributed by atoms with Gasteiger partial charge in [0, 0.05) is 12.6 Å². The first kappa shape index (κ1) is 15.3. The Balaban J connectivity index is 1.68. The first-order chi connectivity index (χ1) is 9.90. The van der Waals surface area contributed by atoms with Gasteiger partial charge in [0.2, 0.25) is 0 Å². The molecule has 1 aliphatic rings. The van der Waals surface area contributed by atoms with Gasteiger partial charge in [-0.25, -0.2) is 0 Å². The van der Waals surface area contributed by atoms with Gasteiger partial charge >= 0.3 is 0 Å². The maximum absolute atomic E-state index is 4.73. The molecule has 0 unspecified atom stereocenters. The quantitative estimate of drug-likeness (QED) is 0.576. The van der Waals surface area contributed by atoms with Gasteiger partial charge < -0.3 is 5.32 Å². The van der Waals surface area contributed by atoms with Crippen molar-refractivity contribution < 1.29 is 0 Å². The van der Waals surface area contributed by atoms with Gasteiger partial charge in [-0.1, -0.05) is 38.3 Å². The second-order valence-electron chi connectivity index (χ2n) is 5.79. The van der Waals surface area contributed by atoms with Gasteiger partial charge in [-0.3, -0.25) is 4.68 Å². The number of nitrogens with one attached hydrogen (secondary N) is 1. The molecule has 1 aromatic heterocycles. The zero-order chi connectivity index (χ0) is 14.0. The Morgan fingerprint density at radius 2 is 2.10 bits per heavy atom. The van der Waals surface area contributed by atoms with Gasteiger partial charge in [-0.05, 0) is 44.8 Å². The molecule has 0 saturated heterocycles. The molecule has 1 heterocycles. The highest BCUT2D eigenvalue weighted by Gasteiger charge is 2.15. The van der Waals surface area contributed by atoms with E-state index in [1.165, 1.54) is 44.2 Å². The van der Waals surface area contributed by atoms with E-state index in [1.807, 2.05) is 0 Å². The minimum atomic E-state index is 0.653. The van der Waals surface area contributed by atoms with Crippen LogP contribution in [-0.2, 0) is 6.42 Å². The zero-order valence-corrected chi connectivity index (χ0v) is 12.9. The standard InChI is InChI=1S/C17H29N3/c1-2-13-18-14-8-4-5-9-16-12-15-20(19-16)17-10-6-3-7-11-17/h4-5,12,15,17-18H,2-3,6-11,13-14H2,1H3. The monoisotopic (exact) mass is 275 g/mol. The topological polar surface area (TPSA) is 29.9 Å². The Bertz CT molecular complexity index is 389. The maximum Gasteiger partial charge on any atom is 0.0662 e. The van der Waals surface area contributed by atoms with Gasteiger partial charge in [-0.2, -0.15) is 5.10 Å². The first-order valence-corrected chi connectivity index (χ1v) is 8.30. The first-order valence-electron chi connectivity index (χ1n) is 8.30. The fraction of sp³-hybridized carbons (Fsp3) is 0.706. The van der Waals surface area contributed by atoms with Crippen LogP contribution in [0.5, 0.6) is 0 Å². The molecular weight excluding hydrogens is 246 g/mol. The van der Waals surface area contributed by atoms with E-state index in [0.29, 0.717) is 6.04 Å². The van der Waals surface area contributed by atoms with Gasteiger partial charge in [0.25, 0.3) is 0 Å². The van der Waals surface area contributed by atoms with Crippen LogP contribution < -0.4 is 5.32 Å². The van der Waals surface area contributed by atoms with Crippen molar-refractivity contribution in [3.63, 3.8) is 0 Å². The summed E-state index contributed by atoms with van der Waals surface area (Å²) in [4.78, 5) is 0. The van der Waals surface area contributed by atoms with E-state index < -0.39 is 0 Å². The average Bonchev–Trinajstić information content (AvgIpc) is 2.96. The average molecular weight is 275 g/mol. The second kappa shape index (κ2) is 8.96. The maximum atomic E-state index is 4.73. The lowest BCUT2D eigenvalue weighted by Gasteiger charge is -2.21. The fourth-order valence-electron chi connectivity index (χ4n) is 2.84. The van der Waals surface area contributed by atoms with E-state index >= 15 is 0 Å². The van der Waals surface area contributed by atoms with Crippen molar-refractivity contribution in [2.45, 2.75) is 64.3 Å². The number of aromatic nitrogens is 2. The highest BCUT2D eigenvalue weighted by molar-refractivity contribution is 5.05. The summed E-state index contributed by atoms with van der Waals surface area (Å²) in [6.45, 7) is 4.41. The second-order valence-corrected chi connectivity index (χ2v) is 5.79. The van der Waals surface area contributed by atoms with Gasteiger partial charge in [0.15, 0.2) is 0 Å². The lowest BCUT2D eigenvalue weighted by Crippen LogP contribution is -2.15. The van der Waals surface area contributed by atoms with Crippen LogP contribution in [0, 0.1) is 0 Å². The fourth-order valence-corrected chi connectivity index (χ4v) is 2.84. The van der Waals surface area contributed by atoms with Crippen molar-refractivity contribution in [1.29, 1.82) is 0 Å². The molecule has 2 rings (SSSR count). The summed E-state index contributed by atoms with van der Waals surface area (Å²) in [7, 11) is 0. The van der Waals surface area contributed by atoms with Crippen LogP contribution in [0.1, 0.15) is 63.6 Å². The number of nitrogens with zero attached hydrogens (tertiary/aromatic N) is 2. The molecule has 1 N–H and O–H groups in total. The van der Waals surface area contributed by atoms with Crippen LogP contribution in [0.15, 0.2) is 24.4 Å². The van der Waals surface area contributed by atoms with E-state index in [1.54, 1.807) is 0 Å². The van der Waals surface area contributed by atoms with Crippen LogP contribution in [-0.4, -0.2) is 22.9 Å². The third-order valence-corrected chi connectivity index (χ3v) is 4.02. The van der Waals surface area contributed by atoms with E-state index in [0.717, 1.165) is 25.9 Å². The molecular formula is C17H29N3. The molecule has 3 nitrogen and oxygen atoms in total. The van der Waals surface area contributed by atoms with E-state index in [9.17, 15) is 0 Å². The Kier molecular flexibility index (Phi) is 6.85. The number of allylic oxidation sites excluding steroid dienone is 1. The highest BCUT2D eigenvalue weighted by Crippen LogP contribution is 2.27. The predicted octanol–water partition coefficient (Wildman–Crippen LogP) is 3.88. The van der Waals surface area contributed by atoms with Crippen molar-refractivity contribution in [1.82, 2.24) is 15.1 Å². The Labute approximate surface area is 123 Å². The van der Waals surface area contributed by atoms with E-state index in [2.05, 4.69) is 41.3 Å². The Morgan fingerprint density at radius 3 is 2.90 bits per heavy atom. The Hall–Kier alpha value is -1.09. The van der Waals surface area contributed by atoms with Gasteiger partial charge in [0.1, 0.15) is 0 Å². The molecule has 0 aromatic carbocycles. The van der Waals surface area contributed by atoms with Crippen molar-refractivity contribution in [2.24, 2.45) is 0 Å². The SMILES string of the molecule is CCCNCCC=CCc1ccn(C2CCCCC2)n1. The molecule has 20 heavy (non-hydrogen) atoms. The Morgan fingerprint density at radius 1 is 1.25 bits per heavy atom. The van der Waals surface area contributed by atoms with Crippen molar-refractivity contribution in [2.75, 3.05) is 13.1 Å². The summed E-state index contributed by atoms with van der Waals surface area (Å²) < 4.78 is 2.20. The molecule has 1 fully saturated rings. The van der Waals surface area contributed by atoms with E-state index in [4.69, 9.17) is 5.10 Å². The highest BCUT2D eigenvalue weighted by atomic mass is 15.3. The number of hydrogen-bond donors (Lipinski definition) is 1. The van der Waals surface area contributed by atoms with Gasteiger partial charge in [0.05, 0.1) is 11.7 Å². The molecule has 0 bridgehead atoms. The van der Waals surface area contributed by atoms with Crippen LogP contribution in [0.4, 0.5) is 0 Å². The molecule has 0 atom stereocenters. The van der Waals surface area contributed by atoms with Crippen LogP contribution in [0.2, 0.25) is 0 Å². The summed E-state index contributed by atoms with van der Waals surface area (Å²) >= 11 is 0. The van der Waals surface area contributed by atoms with Crippen molar-refractivity contribution in [3.8, 4) is 0 Å². The summed E-state index contributed by atoms with van der Waals surface area (Å²) in [5, 5.41) is 8.14. The molecule has 1 aliphatic carbocycles. The summed E-state index contributed by atoms with van der Waals surface area (Å²) in [5.74, 6) is 0. The van der Waals surface area contributed by atoms with Crippen molar-refractivity contribution >= 4 is 0 Å². The number of hydrogen-bond acceptors (Lipinski definition) is 2. The van der Waals surface area contributed by atoms with Crippen molar-refractivity contribution in [3.05, 3.63) is 30.1 Å².